The third-order valence-corrected chi connectivity index (χ3v) is 5.37. The van der Waals surface area contributed by atoms with E-state index in [0.29, 0.717) is 37.9 Å². The molecule has 0 bridgehead atoms. The molecule has 2 unspecified atom stereocenters. The lowest BCUT2D eigenvalue weighted by Gasteiger charge is -2.21. The Bertz CT molecular complexity index is 1030. The summed E-state index contributed by atoms with van der Waals surface area (Å²) in [6, 6.07) is 17.9. The van der Waals surface area contributed by atoms with Gasteiger partial charge in [0.25, 0.3) is 0 Å². The van der Waals surface area contributed by atoms with E-state index in [1.807, 2.05) is 60.7 Å². The van der Waals surface area contributed by atoms with Gasteiger partial charge in [-0.3, -0.25) is 14.6 Å². The molecular formula is C24H28ClN5O2. The highest BCUT2D eigenvalue weighted by Gasteiger charge is 2.24. The number of nitrogens with two attached hydrogens (primary N) is 1. The summed E-state index contributed by atoms with van der Waals surface area (Å²) in [6.07, 6.45) is 3.81. The predicted octanol–water partition coefficient (Wildman–Crippen LogP) is 3.14. The Morgan fingerprint density at radius 3 is 2.53 bits per heavy atom. The first kappa shape index (κ1) is 23.7. The summed E-state index contributed by atoms with van der Waals surface area (Å²) in [6.45, 7) is 0.551. The number of nitrogens with zero attached hydrogens (tertiary/aromatic N) is 1. The summed E-state index contributed by atoms with van der Waals surface area (Å²) in [5, 5.41) is 6.63. The molecule has 0 saturated heterocycles. The number of aryl methyl sites for hydroxylation is 1. The van der Waals surface area contributed by atoms with Crippen molar-refractivity contribution in [1.82, 2.24) is 15.1 Å². The summed E-state index contributed by atoms with van der Waals surface area (Å²) < 4.78 is 0. The lowest BCUT2D eigenvalue weighted by molar-refractivity contribution is -0.127. The van der Waals surface area contributed by atoms with Gasteiger partial charge in [-0.1, -0.05) is 48.5 Å². The SMILES string of the molecule is NC(CCCNCl)C(=O)NC(CCc1ccccc1)C(=O)Nc1cnc2ccccc2c1. The number of benzene rings is 2. The minimum absolute atomic E-state index is 0.305. The summed E-state index contributed by atoms with van der Waals surface area (Å²) >= 11 is 5.45. The van der Waals surface area contributed by atoms with Crippen LogP contribution in [0.5, 0.6) is 0 Å². The smallest absolute Gasteiger partial charge is 0.247 e. The van der Waals surface area contributed by atoms with E-state index in [2.05, 4.69) is 20.5 Å². The minimum atomic E-state index is -0.730. The number of hydrogen-bond donors (Lipinski definition) is 4. The van der Waals surface area contributed by atoms with Gasteiger partial charge in [0.1, 0.15) is 6.04 Å². The molecular weight excluding hydrogens is 426 g/mol. The second kappa shape index (κ2) is 12.1. The van der Waals surface area contributed by atoms with Crippen LogP contribution in [0.25, 0.3) is 10.9 Å². The molecule has 0 saturated carbocycles. The van der Waals surface area contributed by atoms with Crippen LogP contribution in [0.1, 0.15) is 24.8 Å². The minimum Gasteiger partial charge on any atom is -0.343 e. The maximum atomic E-state index is 13.1. The van der Waals surface area contributed by atoms with Crippen molar-refractivity contribution >= 4 is 40.2 Å². The highest BCUT2D eigenvalue weighted by molar-refractivity contribution is 6.13. The van der Waals surface area contributed by atoms with Gasteiger partial charge in [0, 0.05) is 11.9 Å². The molecule has 7 nitrogen and oxygen atoms in total. The largest absolute Gasteiger partial charge is 0.343 e. The first-order chi connectivity index (χ1) is 15.6. The third-order valence-electron chi connectivity index (χ3n) is 5.18. The Morgan fingerprint density at radius 2 is 1.75 bits per heavy atom. The van der Waals surface area contributed by atoms with Crippen molar-refractivity contribution in [1.29, 1.82) is 0 Å². The van der Waals surface area contributed by atoms with Crippen LogP contribution in [0.4, 0.5) is 5.69 Å². The van der Waals surface area contributed by atoms with Crippen molar-refractivity contribution in [3.63, 3.8) is 0 Å². The number of aromatic nitrogens is 1. The number of carbonyl (C=O) groups is 2. The van der Waals surface area contributed by atoms with E-state index in [1.54, 1.807) is 6.20 Å². The summed E-state index contributed by atoms with van der Waals surface area (Å²) in [4.78, 5) is 32.6. The van der Waals surface area contributed by atoms with Gasteiger partial charge in [-0.05, 0) is 55.2 Å². The van der Waals surface area contributed by atoms with Gasteiger partial charge in [-0.2, -0.15) is 0 Å². The van der Waals surface area contributed by atoms with Crippen LogP contribution in [0.3, 0.4) is 0 Å². The van der Waals surface area contributed by atoms with E-state index in [0.717, 1.165) is 16.5 Å². The van der Waals surface area contributed by atoms with E-state index in [-0.39, 0.29) is 11.8 Å². The van der Waals surface area contributed by atoms with E-state index in [4.69, 9.17) is 17.5 Å². The fourth-order valence-electron chi connectivity index (χ4n) is 3.39. The second-order valence-electron chi connectivity index (χ2n) is 7.62. The van der Waals surface area contributed by atoms with Crippen molar-refractivity contribution < 1.29 is 9.59 Å². The monoisotopic (exact) mass is 453 g/mol. The maximum absolute atomic E-state index is 13.1. The molecule has 8 heteroatoms. The number of hydrogen-bond acceptors (Lipinski definition) is 5. The van der Waals surface area contributed by atoms with E-state index >= 15 is 0 Å². The first-order valence-electron chi connectivity index (χ1n) is 10.7. The molecule has 3 rings (SSSR count). The molecule has 0 fully saturated rings. The van der Waals surface area contributed by atoms with Crippen LogP contribution in [-0.4, -0.2) is 35.4 Å². The molecule has 168 valence electrons. The van der Waals surface area contributed by atoms with E-state index < -0.39 is 12.1 Å². The highest BCUT2D eigenvalue weighted by atomic mass is 35.5. The van der Waals surface area contributed by atoms with Crippen molar-refractivity contribution in [2.24, 2.45) is 5.73 Å². The van der Waals surface area contributed by atoms with Gasteiger partial charge in [0.2, 0.25) is 11.8 Å². The molecule has 0 radical (unpaired) electrons. The Hall–Kier alpha value is -3.00. The topological polar surface area (TPSA) is 109 Å². The normalized spacial score (nSPS) is 12.8. The van der Waals surface area contributed by atoms with E-state index in [9.17, 15) is 9.59 Å². The number of halogens is 1. The maximum Gasteiger partial charge on any atom is 0.247 e. The van der Waals surface area contributed by atoms with Gasteiger partial charge < -0.3 is 16.4 Å². The van der Waals surface area contributed by atoms with Crippen LogP contribution >= 0.6 is 11.8 Å². The molecule has 0 spiro atoms. The Balaban J connectivity index is 1.69. The highest BCUT2D eigenvalue weighted by Crippen LogP contribution is 2.17. The molecule has 2 amide bonds. The van der Waals surface area contributed by atoms with Crippen molar-refractivity contribution in [2.45, 2.75) is 37.8 Å². The summed E-state index contributed by atoms with van der Waals surface area (Å²) in [5.74, 6) is -0.662. The molecule has 2 aromatic carbocycles. The Kier molecular flexibility index (Phi) is 8.98. The zero-order valence-electron chi connectivity index (χ0n) is 17.8. The number of amides is 2. The fourth-order valence-corrected chi connectivity index (χ4v) is 3.53. The Morgan fingerprint density at radius 1 is 1.00 bits per heavy atom. The van der Waals surface area contributed by atoms with Gasteiger partial charge in [-0.15, -0.1) is 0 Å². The predicted molar refractivity (Wildman–Crippen MR) is 128 cm³/mol. The zero-order chi connectivity index (χ0) is 22.8. The molecule has 1 aromatic heterocycles. The number of nitrogens with one attached hydrogen (secondary N) is 3. The molecule has 0 aliphatic carbocycles. The zero-order valence-corrected chi connectivity index (χ0v) is 18.5. The quantitative estimate of drug-likeness (QED) is 0.263. The van der Waals surface area contributed by atoms with Crippen molar-refractivity contribution in [3.05, 3.63) is 72.4 Å². The first-order valence-corrected chi connectivity index (χ1v) is 11.0. The fraction of sp³-hybridized carbons (Fsp3) is 0.292. The molecule has 3 aromatic rings. The van der Waals surface area contributed by atoms with Crippen LogP contribution in [0, 0.1) is 0 Å². The second-order valence-corrected chi connectivity index (χ2v) is 7.89. The van der Waals surface area contributed by atoms with Crippen molar-refractivity contribution in [2.75, 3.05) is 11.9 Å². The van der Waals surface area contributed by atoms with Crippen LogP contribution < -0.4 is 21.2 Å². The number of para-hydroxylation sites is 1. The average Bonchev–Trinajstić information content (AvgIpc) is 2.82. The van der Waals surface area contributed by atoms with Gasteiger partial charge in [0.15, 0.2) is 0 Å². The van der Waals surface area contributed by atoms with Crippen LogP contribution in [0.15, 0.2) is 66.9 Å². The lowest BCUT2D eigenvalue weighted by atomic mass is 10.0. The Labute approximate surface area is 192 Å². The van der Waals surface area contributed by atoms with Gasteiger partial charge >= 0.3 is 0 Å². The standard InChI is InChI=1S/C24H28ClN5O2/c25-28-14-6-10-20(26)23(31)30-22(13-12-17-7-2-1-3-8-17)24(32)29-19-15-18-9-4-5-11-21(18)27-16-19/h1-5,7-9,11,15-16,20,22,28H,6,10,12-14,26H2,(H,29,32)(H,30,31). The third kappa shape index (κ3) is 7.02. The van der Waals surface area contributed by atoms with Crippen LogP contribution in [0.2, 0.25) is 0 Å². The van der Waals surface area contributed by atoms with E-state index in [1.165, 1.54) is 0 Å². The molecule has 5 N–H and O–H groups in total. The molecule has 0 aliphatic rings. The molecule has 0 aliphatic heterocycles. The summed E-state index contributed by atoms with van der Waals surface area (Å²) in [5.41, 5.74) is 8.51. The average molecular weight is 454 g/mol. The number of fused-ring (bicyclic) bond motifs is 1. The van der Waals surface area contributed by atoms with Gasteiger partial charge in [-0.25, -0.2) is 4.84 Å². The number of carbonyl (C=O) groups excluding carboxylic acids is 2. The lowest BCUT2D eigenvalue weighted by Crippen LogP contribution is -2.50. The molecule has 1 heterocycles. The molecule has 32 heavy (non-hydrogen) atoms. The van der Waals surface area contributed by atoms with Crippen LogP contribution in [-0.2, 0) is 16.0 Å². The van der Waals surface area contributed by atoms with Crippen molar-refractivity contribution in [3.8, 4) is 0 Å². The molecule has 2 atom stereocenters. The van der Waals surface area contributed by atoms with Gasteiger partial charge in [0.05, 0.1) is 23.4 Å². The number of anilines is 1. The number of pyridine rings is 1. The summed E-state index contributed by atoms with van der Waals surface area (Å²) in [7, 11) is 0. The number of rotatable bonds is 11.